The summed E-state index contributed by atoms with van der Waals surface area (Å²) in [6.45, 7) is 2.41. The molecule has 0 saturated heterocycles. The van der Waals surface area contributed by atoms with E-state index in [1.807, 2.05) is 0 Å². The number of nitrogens with one attached hydrogen (secondary N) is 1. The van der Waals surface area contributed by atoms with Crippen LogP contribution in [0, 0.1) is 25.5 Å². The van der Waals surface area contributed by atoms with E-state index in [1.54, 1.807) is 0 Å². The number of nitrogens with zero attached hydrogens (tertiary/aromatic N) is 4. The molecule has 0 fully saturated rings. The summed E-state index contributed by atoms with van der Waals surface area (Å²) >= 11 is 0. The van der Waals surface area contributed by atoms with Gasteiger partial charge in [0.15, 0.2) is 22.9 Å². The van der Waals surface area contributed by atoms with Crippen LogP contribution < -0.4 is 21.7 Å². The monoisotopic (exact) mass is 533 g/mol. The SMILES string of the molecule is Cc1c(Oc2ncc(C(F)(F)F)c(C)c2-c2cc(=O)c3c(/C(N)=N/N(C)N)nccc3[nH]2)ccc(F)c1F. The molecule has 1 aromatic carbocycles. The summed E-state index contributed by atoms with van der Waals surface area (Å²) in [6.07, 6.45) is -2.91. The van der Waals surface area contributed by atoms with Crippen molar-refractivity contribution in [3.05, 3.63) is 80.9 Å². The highest BCUT2D eigenvalue weighted by atomic mass is 19.4. The lowest BCUT2D eigenvalue weighted by Crippen LogP contribution is -2.27. The highest BCUT2D eigenvalue weighted by Gasteiger charge is 2.35. The molecule has 198 valence electrons. The lowest BCUT2D eigenvalue weighted by atomic mass is 10.0. The number of fused-ring (bicyclic) bond motifs is 1. The summed E-state index contributed by atoms with van der Waals surface area (Å²) in [7, 11) is 1.40. The van der Waals surface area contributed by atoms with Gasteiger partial charge in [0.05, 0.1) is 27.7 Å². The van der Waals surface area contributed by atoms with Crippen molar-refractivity contribution >= 4 is 16.7 Å². The fourth-order valence-corrected chi connectivity index (χ4v) is 3.86. The van der Waals surface area contributed by atoms with Crippen LogP contribution in [0.2, 0.25) is 0 Å². The minimum absolute atomic E-state index is 0.000347. The normalized spacial score (nSPS) is 12.2. The Bertz CT molecular complexity index is 1650. The molecule has 0 atom stereocenters. The molecule has 3 heterocycles. The number of aromatic amines is 1. The average molecular weight is 533 g/mol. The third kappa shape index (κ3) is 4.85. The number of nitrogens with two attached hydrogens (primary N) is 2. The van der Waals surface area contributed by atoms with Gasteiger partial charge in [-0.3, -0.25) is 9.78 Å². The zero-order chi connectivity index (χ0) is 27.9. The predicted molar refractivity (Wildman–Crippen MR) is 129 cm³/mol. The second-order valence-corrected chi connectivity index (χ2v) is 8.25. The van der Waals surface area contributed by atoms with Crippen LogP contribution in [-0.4, -0.2) is 33.0 Å². The maximum Gasteiger partial charge on any atom is 0.418 e. The molecule has 0 unspecified atom stereocenters. The number of pyridine rings is 3. The van der Waals surface area contributed by atoms with Crippen molar-refractivity contribution in [1.82, 2.24) is 20.1 Å². The minimum Gasteiger partial charge on any atom is -0.438 e. The van der Waals surface area contributed by atoms with Gasteiger partial charge in [0.25, 0.3) is 0 Å². The molecule has 5 N–H and O–H groups in total. The van der Waals surface area contributed by atoms with Crippen LogP contribution in [0.1, 0.15) is 22.4 Å². The molecule has 0 saturated carbocycles. The van der Waals surface area contributed by atoms with Crippen molar-refractivity contribution in [3.8, 4) is 22.9 Å². The molecular formula is C24H20F5N7O2. The molecule has 0 bridgehead atoms. The maximum absolute atomic E-state index is 14.1. The first-order chi connectivity index (χ1) is 17.8. The summed E-state index contributed by atoms with van der Waals surface area (Å²) < 4.78 is 74.6. The predicted octanol–water partition coefficient (Wildman–Crippen LogP) is 4.12. The second kappa shape index (κ2) is 9.70. The van der Waals surface area contributed by atoms with Crippen molar-refractivity contribution in [2.24, 2.45) is 16.7 Å². The third-order valence-electron chi connectivity index (χ3n) is 5.62. The van der Waals surface area contributed by atoms with Crippen molar-refractivity contribution in [1.29, 1.82) is 0 Å². The molecular weight excluding hydrogens is 513 g/mol. The lowest BCUT2D eigenvalue weighted by Gasteiger charge is -2.18. The Morgan fingerprint density at radius 1 is 1.13 bits per heavy atom. The van der Waals surface area contributed by atoms with Gasteiger partial charge in [0.2, 0.25) is 5.88 Å². The standard InChI is InChI=1S/C24H20F5N7O2/c1-10-12(24(27,28)29)9-33-23(38-17-5-4-13(25)20(26)11(17)2)18(10)15-8-16(37)19-14(34-15)6-7-32-21(19)22(30)35-36(3)31/h4-9H,31H2,1-3H3,(H2,30,35)(H,34,37). The van der Waals surface area contributed by atoms with Crippen LogP contribution in [0.15, 0.2) is 46.6 Å². The van der Waals surface area contributed by atoms with E-state index in [0.29, 0.717) is 6.20 Å². The largest absolute Gasteiger partial charge is 0.438 e. The smallest absolute Gasteiger partial charge is 0.418 e. The Kier molecular flexibility index (Phi) is 6.76. The molecule has 9 nitrogen and oxygen atoms in total. The summed E-state index contributed by atoms with van der Waals surface area (Å²) in [5.74, 6) is 2.44. The molecule has 0 aliphatic heterocycles. The molecule has 0 radical (unpaired) electrons. The average Bonchev–Trinajstić information content (AvgIpc) is 2.82. The van der Waals surface area contributed by atoms with E-state index in [-0.39, 0.29) is 56.4 Å². The van der Waals surface area contributed by atoms with Gasteiger partial charge in [0, 0.05) is 31.1 Å². The zero-order valence-corrected chi connectivity index (χ0v) is 20.1. The van der Waals surface area contributed by atoms with E-state index in [9.17, 15) is 26.7 Å². The Morgan fingerprint density at radius 3 is 2.50 bits per heavy atom. The third-order valence-corrected chi connectivity index (χ3v) is 5.62. The van der Waals surface area contributed by atoms with Crippen LogP contribution in [0.4, 0.5) is 22.0 Å². The quantitative estimate of drug-likeness (QED) is 0.115. The first-order valence-corrected chi connectivity index (χ1v) is 10.8. The van der Waals surface area contributed by atoms with E-state index >= 15 is 0 Å². The number of aromatic nitrogens is 3. The van der Waals surface area contributed by atoms with Gasteiger partial charge >= 0.3 is 6.18 Å². The molecule has 3 aromatic heterocycles. The first-order valence-electron chi connectivity index (χ1n) is 10.8. The number of hydrazine groups is 1. The molecule has 38 heavy (non-hydrogen) atoms. The van der Waals surface area contributed by atoms with E-state index in [4.69, 9.17) is 16.3 Å². The van der Waals surface area contributed by atoms with Crippen LogP contribution in [0.3, 0.4) is 0 Å². The molecule has 0 aliphatic carbocycles. The summed E-state index contributed by atoms with van der Waals surface area (Å²) in [4.78, 5) is 24.0. The fourth-order valence-electron chi connectivity index (χ4n) is 3.86. The summed E-state index contributed by atoms with van der Waals surface area (Å²) in [5.41, 5.74) is 3.50. The van der Waals surface area contributed by atoms with E-state index in [2.05, 4.69) is 20.1 Å². The van der Waals surface area contributed by atoms with Gasteiger partial charge in [-0.1, -0.05) is 0 Å². The molecule has 4 rings (SSSR count). The number of amidine groups is 1. The number of ether oxygens (including phenoxy) is 1. The number of halogens is 5. The Morgan fingerprint density at radius 2 is 1.84 bits per heavy atom. The molecule has 0 aliphatic rings. The number of hydrogen-bond acceptors (Lipinski definition) is 7. The zero-order valence-electron chi connectivity index (χ0n) is 20.1. The van der Waals surface area contributed by atoms with Crippen molar-refractivity contribution < 1.29 is 26.7 Å². The Balaban J connectivity index is 1.98. The molecule has 4 aromatic rings. The minimum atomic E-state index is -4.78. The van der Waals surface area contributed by atoms with E-state index < -0.39 is 28.8 Å². The van der Waals surface area contributed by atoms with Crippen molar-refractivity contribution in [2.75, 3.05) is 7.05 Å². The van der Waals surface area contributed by atoms with Crippen molar-refractivity contribution in [3.63, 3.8) is 0 Å². The van der Waals surface area contributed by atoms with Gasteiger partial charge < -0.3 is 15.5 Å². The maximum atomic E-state index is 14.1. The van der Waals surface area contributed by atoms with E-state index in [0.717, 1.165) is 23.3 Å². The topological polar surface area (TPSA) is 136 Å². The first kappa shape index (κ1) is 26.5. The van der Waals surface area contributed by atoms with Crippen LogP contribution in [0.5, 0.6) is 11.6 Å². The van der Waals surface area contributed by atoms with Crippen LogP contribution >= 0.6 is 0 Å². The Labute approximate surface area is 211 Å². The molecule has 0 spiro atoms. The van der Waals surface area contributed by atoms with Gasteiger partial charge in [-0.25, -0.2) is 24.7 Å². The number of benzene rings is 1. The number of hydrogen-bond donors (Lipinski definition) is 3. The summed E-state index contributed by atoms with van der Waals surface area (Å²) in [5, 5.41) is 4.76. The van der Waals surface area contributed by atoms with Gasteiger partial charge in [-0.05, 0) is 37.6 Å². The number of hydrazone groups is 1. The number of alkyl halides is 3. The van der Waals surface area contributed by atoms with Gasteiger partial charge in [0.1, 0.15) is 11.4 Å². The highest BCUT2D eigenvalue weighted by Crippen LogP contribution is 2.41. The Hall–Kier alpha value is -4.59. The van der Waals surface area contributed by atoms with Crippen LogP contribution in [-0.2, 0) is 6.18 Å². The van der Waals surface area contributed by atoms with E-state index in [1.165, 1.54) is 33.2 Å². The molecule has 0 amide bonds. The van der Waals surface area contributed by atoms with Gasteiger partial charge in [-0.15, -0.1) is 5.10 Å². The fraction of sp³-hybridized carbons (Fsp3) is 0.167. The second-order valence-electron chi connectivity index (χ2n) is 8.25. The van der Waals surface area contributed by atoms with Gasteiger partial charge in [-0.2, -0.15) is 13.2 Å². The number of rotatable bonds is 5. The number of H-pyrrole nitrogens is 1. The molecule has 14 heteroatoms. The van der Waals surface area contributed by atoms with Crippen LogP contribution in [0.25, 0.3) is 22.2 Å². The highest BCUT2D eigenvalue weighted by molar-refractivity contribution is 6.06. The lowest BCUT2D eigenvalue weighted by molar-refractivity contribution is -0.138. The summed E-state index contributed by atoms with van der Waals surface area (Å²) in [6, 6.07) is 4.37. The van der Waals surface area contributed by atoms with Crippen molar-refractivity contribution in [2.45, 2.75) is 20.0 Å².